The van der Waals surface area contributed by atoms with Crippen molar-refractivity contribution in [3.8, 4) is 11.8 Å². The van der Waals surface area contributed by atoms with Gasteiger partial charge in [-0.1, -0.05) is 43.5 Å². The zero-order chi connectivity index (χ0) is 20.1. The summed E-state index contributed by atoms with van der Waals surface area (Å²) < 4.78 is 5.79. The summed E-state index contributed by atoms with van der Waals surface area (Å²) in [7, 11) is 0. The first kappa shape index (κ1) is 20.2. The minimum atomic E-state index is -0.580. The van der Waals surface area contributed by atoms with Crippen LogP contribution in [0.25, 0.3) is 0 Å². The molecule has 0 radical (unpaired) electrons. The summed E-state index contributed by atoms with van der Waals surface area (Å²) in [5, 5.41) is 13.2. The summed E-state index contributed by atoms with van der Waals surface area (Å²) in [5.41, 5.74) is 1.31. The predicted molar refractivity (Wildman–Crippen MR) is 112 cm³/mol. The van der Waals surface area contributed by atoms with Crippen LogP contribution in [0.1, 0.15) is 57.1 Å². The molecule has 0 saturated heterocycles. The van der Waals surface area contributed by atoms with Gasteiger partial charge in [0.05, 0.1) is 22.8 Å². The number of ether oxygens (including phenoxy) is 1. The first-order valence-corrected chi connectivity index (χ1v) is 10.1. The minimum Gasteiger partial charge on any atom is -0.491 e. The van der Waals surface area contributed by atoms with Gasteiger partial charge in [-0.3, -0.25) is 4.79 Å². The maximum Gasteiger partial charge on any atom is 0.235 e. The molecule has 1 fully saturated rings. The van der Waals surface area contributed by atoms with E-state index in [9.17, 15) is 10.1 Å². The van der Waals surface area contributed by atoms with Crippen molar-refractivity contribution in [3.05, 3.63) is 58.6 Å². The number of amides is 1. The summed E-state index contributed by atoms with van der Waals surface area (Å²) in [5.74, 6) is 0.566. The number of rotatable bonds is 6. The summed E-state index contributed by atoms with van der Waals surface area (Å²) in [6, 6.07) is 14.9. The number of anilines is 1. The van der Waals surface area contributed by atoms with Crippen LogP contribution in [0.4, 0.5) is 5.69 Å². The highest BCUT2D eigenvalue weighted by Crippen LogP contribution is 2.42. The summed E-state index contributed by atoms with van der Waals surface area (Å²) in [4.78, 5) is 13.3. The Morgan fingerprint density at radius 3 is 2.54 bits per heavy atom. The van der Waals surface area contributed by atoms with Gasteiger partial charge >= 0.3 is 0 Å². The topological polar surface area (TPSA) is 62.1 Å². The van der Waals surface area contributed by atoms with Crippen LogP contribution >= 0.6 is 11.6 Å². The van der Waals surface area contributed by atoms with Gasteiger partial charge in [0.15, 0.2) is 0 Å². The number of halogens is 1. The Balaban J connectivity index is 1.86. The van der Waals surface area contributed by atoms with E-state index in [4.69, 9.17) is 16.3 Å². The molecular weight excluding hydrogens is 372 g/mol. The Bertz CT molecular complexity index is 880. The molecule has 3 rings (SSSR count). The van der Waals surface area contributed by atoms with Gasteiger partial charge in [-0.25, -0.2) is 0 Å². The minimum absolute atomic E-state index is 0.0682. The molecule has 2 aromatic carbocycles. The largest absolute Gasteiger partial charge is 0.491 e. The zero-order valence-corrected chi connectivity index (χ0v) is 17.1. The monoisotopic (exact) mass is 396 g/mol. The molecule has 0 heterocycles. The second-order valence-electron chi connectivity index (χ2n) is 7.41. The number of nitriles is 1. The number of benzene rings is 2. The van der Waals surface area contributed by atoms with Crippen LogP contribution < -0.4 is 10.1 Å². The molecule has 0 aliphatic heterocycles. The van der Waals surface area contributed by atoms with Crippen molar-refractivity contribution in [1.82, 2.24) is 0 Å². The fraction of sp³-hybridized carbons (Fsp3) is 0.391. The van der Waals surface area contributed by atoms with E-state index in [2.05, 4.69) is 11.4 Å². The lowest BCUT2D eigenvalue weighted by atomic mass is 9.78. The molecule has 2 aromatic rings. The van der Waals surface area contributed by atoms with Crippen molar-refractivity contribution in [2.24, 2.45) is 0 Å². The molecule has 1 saturated carbocycles. The van der Waals surface area contributed by atoms with Gasteiger partial charge in [-0.05, 0) is 56.0 Å². The van der Waals surface area contributed by atoms with Gasteiger partial charge in [0.2, 0.25) is 5.91 Å². The van der Waals surface area contributed by atoms with Crippen molar-refractivity contribution >= 4 is 23.2 Å². The number of nitrogens with one attached hydrogen (secondary N) is 1. The van der Waals surface area contributed by atoms with Crippen molar-refractivity contribution < 1.29 is 9.53 Å². The van der Waals surface area contributed by atoms with Gasteiger partial charge in [0.1, 0.15) is 11.8 Å². The second kappa shape index (κ2) is 8.67. The van der Waals surface area contributed by atoms with Crippen LogP contribution in [-0.2, 0) is 10.2 Å². The van der Waals surface area contributed by atoms with Gasteiger partial charge in [0, 0.05) is 11.1 Å². The molecule has 5 heteroatoms. The summed E-state index contributed by atoms with van der Waals surface area (Å²) >= 11 is 6.03. The first-order chi connectivity index (χ1) is 13.5. The predicted octanol–water partition coefficient (Wildman–Crippen LogP) is 5.84. The molecule has 28 heavy (non-hydrogen) atoms. The molecule has 1 atom stereocenters. The van der Waals surface area contributed by atoms with Crippen LogP contribution in [-0.4, -0.2) is 12.0 Å². The van der Waals surface area contributed by atoms with Crippen molar-refractivity contribution in [2.75, 3.05) is 5.32 Å². The lowest BCUT2D eigenvalue weighted by Crippen LogP contribution is -2.38. The highest BCUT2D eigenvalue weighted by molar-refractivity contribution is 6.30. The molecule has 1 aliphatic rings. The van der Waals surface area contributed by atoms with E-state index in [1.807, 2.05) is 38.1 Å². The van der Waals surface area contributed by atoms with E-state index < -0.39 is 5.41 Å². The Labute approximate surface area is 171 Å². The molecule has 0 bridgehead atoms. The third kappa shape index (κ3) is 4.15. The summed E-state index contributed by atoms with van der Waals surface area (Å²) in [6.45, 7) is 4.03. The third-order valence-electron chi connectivity index (χ3n) is 5.56. The van der Waals surface area contributed by atoms with E-state index in [0.717, 1.165) is 37.7 Å². The fourth-order valence-corrected chi connectivity index (χ4v) is 3.88. The number of carbonyl (C=O) groups is 1. The molecule has 0 aromatic heterocycles. The number of nitrogens with zero attached hydrogens (tertiary/aromatic N) is 1. The van der Waals surface area contributed by atoms with Crippen LogP contribution in [0, 0.1) is 11.3 Å². The van der Waals surface area contributed by atoms with Gasteiger partial charge in [-0.15, -0.1) is 0 Å². The molecule has 1 N–H and O–H groups in total. The van der Waals surface area contributed by atoms with Crippen molar-refractivity contribution in [1.29, 1.82) is 5.26 Å². The smallest absolute Gasteiger partial charge is 0.235 e. The second-order valence-corrected chi connectivity index (χ2v) is 7.84. The van der Waals surface area contributed by atoms with E-state index in [0.29, 0.717) is 22.0 Å². The number of hydrogen-bond donors (Lipinski definition) is 1. The number of hydrogen-bond acceptors (Lipinski definition) is 3. The third-order valence-corrected chi connectivity index (χ3v) is 5.81. The van der Waals surface area contributed by atoms with E-state index >= 15 is 0 Å². The number of carbonyl (C=O) groups excluding carboxylic acids is 1. The maximum atomic E-state index is 13.3. The van der Waals surface area contributed by atoms with Crippen molar-refractivity contribution in [2.45, 2.75) is 57.5 Å². The SMILES string of the molecule is CC[C@H](C)Oc1ccc(NC(=O)C2(c3ccc(Cl)cc3)CCCC2)c(C#N)c1. The van der Waals surface area contributed by atoms with E-state index in [1.165, 1.54) is 0 Å². The lowest BCUT2D eigenvalue weighted by molar-refractivity contribution is -0.121. The normalized spacial score (nSPS) is 16.2. The highest BCUT2D eigenvalue weighted by Gasteiger charge is 2.42. The van der Waals surface area contributed by atoms with E-state index in [1.54, 1.807) is 18.2 Å². The van der Waals surface area contributed by atoms with Gasteiger partial charge < -0.3 is 10.1 Å². The van der Waals surface area contributed by atoms with Gasteiger partial charge in [0.25, 0.3) is 0 Å². The molecule has 0 unspecified atom stereocenters. The maximum absolute atomic E-state index is 13.3. The van der Waals surface area contributed by atoms with Crippen LogP contribution in [0.3, 0.4) is 0 Å². The Morgan fingerprint density at radius 2 is 1.93 bits per heavy atom. The molecule has 0 spiro atoms. The van der Waals surface area contributed by atoms with E-state index in [-0.39, 0.29) is 12.0 Å². The zero-order valence-electron chi connectivity index (χ0n) is 16.3. The van der Waals surface area contributed by atoms with Crippen molar-refractivity contribution in [3.63, 3.8) is 0 Å². The molecule has 146 valence electrons. The molecule has 1 amide bonds. The molecule has 4 nitrogen and oxygen atoms in total. The lowest BCUT2D eigenvalue weighted by Gasteiger charge is -2.28. The summed E-state index contributed by atoms with van der Waals surface area (Å²) in [6.07, 6.45) is 4.53. The average molecular weight is 397 g/mol. The quantitative estimate of drug-likeness (QED) is 0.667. The Kier molecular flexibility index (Phi) is 6.26. The standard InChI is InChI=1S/C23H25ClN2O2/c1-3-16(2)28-20-10-11-21(17(14-20)15-25)26-22(27)23(12-4-5-13-23)18-6-8-19(24)9-7-18/h6-11,14,16H,3-5,12-13H2,1-2H3,(H,26,27)/t16-/m0/s1. The Morgan fingerprint density at radius 1 is 1.25 bits per heavy atom. The fourth-order valence-electron chi connectivity index (χ4n) is 3.75. The highest BCUT2D eigenvalue weighted by atomic mass is 35.5. The van der Waals surface area contributed by atoms with Gasteiger partial charge in [-0.2, -0.15) is 5.26 Å². The molecular formula is C23H25ClN2O2. The average Bonchev–Trinajstić information content (AvgIpc) is 3.20. The molecule has 1 aliphatic carbocycles. The van der Waals surface area contributed by atoms with Crippen LogP contribution in [0.2, 0.25) is 5.02 Å². The van der Waals surface area contributed by atoms with Crippen LogP contribution in [0.5, 0.6) is 5.75 Å². The van der Waals surface area contributed by atoms with Crippen LogP contribution in [0.15, 0.2) is 42.5 Å². The Hall–Kier alpha value is -2.51. The first-order valence-electron chi connectivity index (χ1n) is 9.77.